The molecule has 0 heterocycles. The molecule has 8 aromatic rings. The van der Waals surface area contributed by atoms with Gasteiger partial charge in [-0.3, -0.25) is 4.79 Å². The Hall–Kier alpha value is -8.75. The van der Waals surface area contributed by atoms with Gasteiger partial charge in [0, 0.05) is 23.3 Å². The monoisotopic (exact) mass is 951 g/mol. The van der Waals surface area contributed by atoms with Crippen LogP contribution in [-0.4, -0.2) is 44.3 Å². The highest BCUT2D eigenvalue weighted by molar-refractivity contribution is 5.91. The lowest BCUT2D eigenvalue weighted by molar-refractivity contribution is -0.139. The van der Waals surface area contributed by atoms with Crippen molar-refractivity contribution in [2.24, 2.45) is 0 Å². The molecule has 0 bridgehead atoms. The standard InChI is InChI=1S/C64H57NO7/c1-3-61(67)71-45-42-60(66)65-57-36-40-59(41-37-57)69-44-17-43-63(50-18-9-5-10-19-50,51-20-11-6-12-21-51)52-30-26-48(27-31-52)49-28-32-55(33-29-49)64(53-22-13-7-14-23-53,54-24-15-8-16-25-54)56-34-38-58(39-35-56)70-46-47-72-62(68)4-2/h3-16,18-41H,1-2,17,42-47H2,(H,65,66). The number of benzene rings is 8. The van der Waals surface area contributed by atoms with Gasteiger partial charge in [-0.25, -0.2) is 9.59 Å². The van der Waals surface area contributed by atoms with E-state index in [1.165, 1.54) is 16.7 Å². The molecule has 0 saturated heterocycles. The Bertz CT molecular complexity index is 2930. The van der Waals surface area contributed by atoms with Crippen LogP contribution in [0.4, 0.5) is 5.69 Å². The molecule has 0 saturated carbocycles. The Balaban J connectivity index is 1.05. The molecular weight excluding hydrogens is 895 g/mol. The number of anilines is 1. The van der Waals surface area contributed by atoms with Crippen LogP contribution in [-0.2, 0) is 34.7 Å². The van der Waals surface area contributed by atoms with Gasteiger partial charge in [0.05, 0.1) is 18.4 Å². The van der Waals surface area contributed by atoms with Gasteiger partial charge in [0.1, 0.15) is 31.3 Å². The molecule has 1 N–H and O–H groups in total. The second-order valence-corrected chi connectivity index (χ2v) is 17.2. The summed E-state index contributed by atoms with van der Waals surface area (Å²) in [6.07, 6.45) is 3.78. The first-order chi connectivity index (χ1) is 35.3. The molecule has 0 atom stereocenters. The van der Waals surface area contributed by atoms with Gasteiger partial charge < -0.3 is 24.3 Å². The van der Waals surface area contributed by atoms with Gasteiger partial charge in [0.25, 0.3) is 0 Å². The van der Waals surface area contributed by atoms with Crippen LogP contribution in [0, 0.1) is 0 Å². The molecule has 0 spiro atoms. The van der Waals surface area contributed by atoms with E-state index in [4.69, 9.17) is 18.9 Å². The molecule has 0 radical (unpaired) electrons. The van der Waals surface area contributed by atoms with Crippen LogP contribution in [0.5, 0.6) is 11.5 Å². The first kappa shape index (κ1) is 49.7. The van der Waals surface area contributed by atoms with Crippen LogP contribution in [0.3, 0.4) is 0 Å². The third kappa shape index (κ3) is 11.6. The molecule has 0 aliphatic rings. The maximum Gasteiger partial charge on any atom is 0.330 e. The van der Waals surface area contributed by atoms with Crippen molar-refractivity contribution >= 4 is 23.5 Å². The van der Waals surface area contributed by atoms with Crippen molar-refractivity contribution in [2.75, 3.05) is 31.7 Å². The summed E-state index contributed by atoms with van der Waals surface area (Å²) in [7, 11) is 0. The van der Waals surface area contributed by atoms with Crippen molar-refractivity contribution in [1.29, 1.82) is 0 Å². The van der Waals surface area contributed by atoms with E-state index in [0.29, 0.717) is 23.8 Å². The van der Waals surface area contributed by atoms with Gasteiger partial charge in [0.2, 0.25) is 5.91 Å². The number of nitrogens with one attached hydrogen (secondary N) is 1. The lowest BCUT2D eigenvalue weighted by Crippen LogP contribution is -2.31. The van der Waals surface area contributed by atoms with Crippen molar-refractivity contribution in [2.45, 2.75) is 30.1 Å². The predicted octanol–water partition coefficient (Wildman–Crippen LogP) is 13.1. The van der Waals surface area contributed by atoms with Crippen molar-refractivity contribution in [3.8, 4) is 22.6 Å². The van der Waals surface area contributed by atoms with Crippen LogP contribution < -0.4 is 14.8 Å². The molecule has 0 aromatic heterocycles. The number of rotatable bonds is 23. The van der Waals surface area contributed by atoms with Crippen LogP contribution in [0.25, 0.3) is 11.1 Å². The zero-order chi connectivity index (χ0) is 50.0. The van der Waals surface area contributed by atoms with Gasteiger partial charge >= 0.3 is 11.9 Å². The van der Waals surface area contributed by atoms with Crippen molar-refractivity contribution in [1.82, 2.24) is 0 Å². The highest BCUT2D eigenvalue weighted by Gasteiger charge is 2.39. The minimum Gasteiger partial charge on any atom is -0.494 e. The summed E-state index contributed by atoms with van der Waals surface area (Å²) in [4.78, 5) is 35.2. The highest BCUT2D eigenvalue weighted by atomic mass is 16.6. The quantitative estimate of drug-likeness (QED) is 0.0295. The van der Waals surface area contributed by atoms with Crippen LogP contribution in [0.2, 0.25) is 0 Å². The van der Waals surface area contributed by atoms with Crippen molar-refractivity contribution < 1.29 is 33.3 Å². The van der Waals surface area contributed by atoms with Gasteiger partial charge in [-0.2, -0.15) is 0 Å². The predicted molar refractivity (Wildman–Crippen MR) is 285 cm³/mol. The third-order valence-electron chi connectivity index (χ3n) is 12.9. The average molecular weight is 952 g/mol. The molecule has 0 aliphatic carbocycles. The van der Waals surface area contributed by atoms with E-state index in [0.717, 1.165) is 58.4 Å². The third-order valence-corrected chi connectivity index (χ3v) is 12.9. The zero-order valence-electron chi connectivity index (χ0n) is 40.2. The number of hydrogen-bond acceptors (Lipinski definition) is 7. The van der Waals surface area contributed by atoms with E-state index < -0.39 is 22.8 Å². The fourth-order valence-corrected chi connectivity index (χ4v) is 9.46. The van der Waals surface area contributed by atoms with E-state index in [1.54, 1.807) is 12.1 Å². The average Bonchev–Trinajstić information content (AvgIpc) is 3.44. The second kappa shape index (κ2) is 24.2. The molecule has 0 unspecified atom stereocenters. The van der Waals surface area contributed by atoms with Crippen LogP contribution >= 0.6 is 0 Å². The lowest BCUT2D eigenvalue weighted by Gasteiger charge is -2.37. The van der Waals surface area contributed by atoms with E-state index in [2.05, 4.69) is 188 Å². The lowest BCUT2D eigenvalue weighted by atomic mass is 9.65. The summed E-state index contributed by atoms with van der Waals surface area (Å²) in [5.74, 6) is 0.0729. The summed E-state index contributed by atoms with van der Waals surface area (Å²) >= 11 is 0. The largest absolute Gasteiger partial charge is 0.494 e. The SMILES string of the molecule is C=CC(=O)OCCOc1ccc(C(c2ccccc2)(c2ccccc2)c2ccc(-c3ccc(C(CCCOc4ccc(NC(=O)CCOC(=O)C=C)cc4)(c4ccccc4)c4ccccc4)cc3)cc2)cc1. The molecule has 360 valence electrons. The first-order valence-electron chi connectivity index (χ1n) is 24.1. The number of esters is 2. The number of hydrogen-bond donors (Lipinski definition) is 1. The van der Waals surface area contributed by atoms with Gasteiger partial charge in [-0.1, -0.05) is 195 Å². The normalized spacial score (nSPS) is 11.2. The summed E-state index contributed by atoms with van der Waals surface area (Å²) in [5.41, 5.74) is 9.69. The second-order valence-electron chi connectivity index (χ2n) is 17.2. The zero-order valence-corrected chi connectivity index (χ0v) is 40.2. The molecule has 1 amide bonds. The highest BCUT2D eigenvalue weighted by Crippen LogP contribution is 2.47. The van der Waals surface area contributed by atoms with Crippen LogP contribution in [0.1, 0.15) is 58.2 Å². The van der Waals surface area contributed by atoms with E-state index in [-0.39, 0.29) is 32.1 Å². The summed E-state index contributed by atoms with van der Waals surface area (Å²) in [6, 6.07) is 76.0. The summed E-state index contributed by atoms with van der Waals surface area (Å²) in [5, 5.41) is 2.83. The molecular formula is C64H57NO7. The number of ether oxygens (including phenoxy) is 4. The van der Waals surface area contributed by atoms with Crippen LogP contribution in [0.15, 0.2) is 244 Å². The number of carbonyl (C=O) groups excluding carboxylic acids is 3. The maximum absolute atomic E-state index is 12.4. The van der Waals surface area contributed by atoms with Crippen molar-refractivity contribution in [3.63, 3.8) is 0 Å². The van der Waals surface area contributed by atoms with Gasteiger partial charge in [-0.05, 0) is 99.3 Å². The smallest absolute Gasteiger partial charge is 0.330 e. The van der Waals surface area contributed by atoms with E-state index >= 15 is 0 Å². The van der Waals surface area contributed by atoms with Gasteiger partial charge in [-0.15, -0.1) is 0 Å². The minimum atomic E-state index is -0.662. The molecule has 8 heteroatoms. The topological polar surface area (TPSA) is 100 Å². The molecule has 72 heavy (non-hydrogen) atoms. The van der Waals surface area contributed by atoms with E-state index in [9.17, 15) is 14.4 Å². The first-order valence-corrected chi connectivity index (χ1v) is 24.1. The number of carbonyl (C=O) groups is 3. The molecule has 0 fully saturated rings. The fraction of sp³-hybridized carbons (Fsp3) is 0.141. The molecule has 8 rings (SSSR count). The molecule has 8 nitrogen and oxygen atoms in total. The minimum absolute atomic E-state index is 0.0213. The van der Waals surface area contributed by atoms with E-state index in [1.807, 2.05) is 36.4 Å². The molecule has 0 aliphatic heterocycles. The Kier molecular flexibility index (Phi) is 16.7. The Morgan fingerprint density at radius 1 is 0.417 bits per heavy atom. The Morgan fingerprint density at radius 2 is 0.792 bits per heavy atom. The van der Waals surface area contributed by atoms with Gasteiger partial charge in [0.15, 0.2) is 0 Å². The van der Waals surface area contributed by atoms with Crippen molar-refractivity contribution in [3.05, 3.63) is 283 Å². The molecule has 8 aromatic carbocycles. The fourth-order valence-electron chi connectivity index (χ4n) is 9.46. The maximum atomic E-state index is 12.4. The summed E-state index contributed by atoms with van der Waals surface area (Å²) in [6.45, 7) is 7.63. The summed E-state index contributed by atoms with van der Waals surface area (Å²) < 4.78 is 22.3. The Morgan fingerprint density at radius 3 is 1.26 bits per heavy atom. The number of amides is 1. The Labute approximate surface area is 422 Å².